The molecule has 0 spiro atoms. The van der Waals surface area contributed by atoms with Gasteiger partial charge in [-0.2, -0.15) is 0 Å². The number of hydrogen-bond acceptors (Lipinski definition) is 8. The summed E-state index contributed by atoms with van der Waals surface area (Å²) in [6.07, 6.45) is -0.777. The minimum absolute atomic E-state index is 0.0655. The van der Waals surface area contributed by atoms with Crippen LogP contribution < -0.4 is 20.3 Å². The third-order valence-electron chi connectivity index (χ3n) is 6.88. The first-order chi connectivity index (χ1) is 17.7. The molecule has 0 saturated carbocycles. The SMILES string of the molecule is COc1ccc2c(c1Cl)C(=O)N(C[C@@]1(c3cc4nc(N5CC[C@H](O)C5=O)ccc4o3)NC(=O)NC1=O)C2. The predicted molar refractivity (Wildman–Crippen MR) is 128 cm³/mol. The van der Waals surface area contributed by atoms with E-state index < -0.39 is 35.4 Å². The van der Waals surface area contributed by atoms with Crippen molar-refractivity contribution < 1.29 is 33.4 Å². The molecule has 3 N–H and O–H groups in total. The van der Waals surface area contributed by atoms with Crippen molar-refractivity contribution in [3.05, 3.63) is 52.2 Å². The van der Waals surface area contributed by atoms with E-state index in [1.54, 1.807) is 24.3 Å². The van der Waals surface area contributed by atoms with Gasteiger partial charge in [-0.05, 0) is 23.8 Å². The fourth-order valence-corrected chi connectivity index (χ4v) is 5.33. The molecular weight excluding hydrogens is 506 g/mol. The van der Waals surface area contributed by atoms with Crippen molar-refractivity contribution in [1.29, 1.82) is 0 Å². The Morgan fingerprint density at radius 1 is 1.24 bits per heavy atom. The largest absolute Gasteiger partial charge is 0.495 e. The number of furan rings is 1. The highest BCUT2D eigenvalue weighted by molar-refractivity contribution is 6.35. The van der Waals surface area contributed by atoms with Crippen LogP contribution in [0.3, 0.4) is 0 Å². The van der Waals surface area contributed by atoms with Crippen LogP contribution in [-0.2, 0) is 21.7 Å². The number of pyridine rings is 1. The molecule has 6 rings (SSSR count). The van der Waals surface area contributed by atoms with Crippen LogP contribution in [0.25, 0.3) is 11.1 Å². The minimum Gasteiger partial charge on any atom is -0.495 e. The molecule has 0 unspecified atom stereocenters. The Morgan fingerprint density at radius 3 is 2.73 bits per heavy atom. The lowest BCUT2D eigenvalue weighted by Crippen LogP contribution is -2.52. The number of carbonyl (C=O) groups excluding carboxylic acids is 4. The standard InChI is InChI=1S/C24H20ClN5O7/c1-36-15-3-2-11-9-29(21(33)18(11)19(15)25)10-24(22(34)27-23(35)28-24)16-8-12-14(37-16)4-5-17(26-12)30-7-6-13(31)20(30)32/h2-5,8,13,31H,6-7,9-10H2,1H3,(H2,27,28,34,35)/t13-,24-/m0/s1. The number of fused-ring (bicyclic) bond motifs is 2. The maximum Gasteiger partial charge on any atom is 0.322 e. The number of aliphatic hydroxyl groups is 1. The number of aromatic nitrogens is 1. The molecule has 2 fully saturated rings. The van der Waals surface area contributed by atoms with Gasteiger partial charge in [-0.1, -0.05) is 17.7 Å². The van der Waals surface area contributed by atoms with Crippen LogP contribution in [0.5, 0.6) is 5.75 Å². The normalized spacial score (nSPS) is 23.2. The Labute approximate surface area is 214 Å². The Morgan fingerprint density at radius 2 is 2.05 bits per heavy atom. The summed E-state index contributed by atoms with van der Waals surface area (Å²) >= 11 is 6.38. The van der Waals surface area contributed by atoms with Gasteiger partial charge in [0, 0.05) is 25.6 Å². The second-order valence-corrected chi connectivity index (χ2v) is 9.43. The van der Waals surface area contributed by atoms with Crippen molar-refractivity contribution in [1.82, 2.24) is 20.5 Å². The number of halogens is 1. The molecule has 13 heteroatoms. The number of imide groups is 1. The molecule has 190 valence electrons. The van der Waals surface area contributed by atoms with Crippen molar-refractivity contribution in [2.45, 2.75) is 24.6 Å². The van der Waals surface area contributed by atoms with Crippen molar-refractivity contribution in [2.24, 2.45) is 0 Å². The Balaban J connectivity index is 1.37. The zero-order valence-corrected chi connectivity index (χ0v) is 20.2. The van der Waals surface area contributed by atoms with Gasteiger partial charge < -0.3 is 24.5 Å². The fraction of sp³-hybridized carbons (Fsp3) is 0.292. The summed E-state index contributed by atoms with van der Waals surface area (Å²) in [6, 6.07) is 7.29. The third kappa shape index (κ3) is 3.44. The van der Waals surface area contributed by atoms with Crippen LogP contribution in [0.2, 0.25) is 5.02 Å². The monoisotopic (exact) mass is 525 g/mol. The van der Waals surface area contributed by atoms with E-state index in [-0.39, 0.29) is 29.4 Å². The summed E-state index contributed by atoms with van der Waals surface area (Å²) in [5.74, 6) is -0.825. The van der Waals surface area contributed by atoms with Crippen molar-refractivity contribution >= 4 is 52.3 Å². The zero-order valence-electron chi connectivity index (χ0n) is 19.4. The summed E-state index contributed by atoms with van der Waals surface area (Å²) in [4.78, 5) is 58.1. The van der Waals surface area contributed by atoms with E-state index in [9.17, 15) is 24.3 Å². The molecule has 1 aromatic carbocycles. The first-order valence-corrected chi connectivity index (χ1v) is 11.8. The summed E-state index contributed by atoms with van der Waals surface area (Å²) < 4.78 is 11.2. The average molecular weight is 526 g/mol. The number of nitrogens with one attached hydrogen (secondary N) is 2. The first-order valence-electron chi connectivity index (χ1n) is 11.4. The van der Waals surface area contributed by atoms with Crippen molar-refractivity contribution in [2.75, 3.05) is 25.1 Å². The molecule has 3 aromatic rings. The molecule has 2 atom stereocenters. The highest BCUT2D eigenvalue weighted by Gasteiger charge is 2.53. The number of urea groups is 1. The summed E-state index contributed by atoms with van der Waals surface area (Å²) in [6.45, 7) is 0.238. The Kier molecular flexibility index (Phi) is 5.14. The number of amides is 5. The predicted octanol–water partition coefficient (Wildman–Crippen LogP) is 1.28. The van der Waals surface area contributed by atoms with Gasteiger partial charge in [-0.25, -0.2) is 9.78 Å². The van der Waals surface area contributed by atoms with Crippen LogP contribution >= 0.6 is 11.6 Å². The summed E-state index contributed by atoms with van der Waals surface area (Å²) in [5, 5.41) is 14.8. The van der Waals surface area contributed by atoms with Gasteiger partial charge in [0.1, 0.15) is 28.9 Å². The van der Waals surface area contributed by atoms with Crippen LogP contribution in [-0.4, -0.2) is 65.0 Å². The van der Waals surface area contributed by atoms with Gasteiger partial charge >= 0.3 is 6.03 Å². The third-order valence-corrected chi connectivity index (χ3v) is 7.25. The Bertz CT molecular complexity index is 1520. The lowest BCUT2D eigenvalue weighted by atomic mass is 9.95. The molecule has 2 saturated heterocycles. The number of aliphatic hydroxyl groups excluding tert-OH is 1. The molecule has 5 heterocycles. The van der Waals surface area contributed by atoms with E-state index in [1.807, 2.05) is 0 Å². The van der Waals surface area contributed by atoms with Crippen LogP contribution in [0.4, 0.5) is 10.6 Å². The van der Waals surface area contributed by atoms with E-state index in [1.165, 1.54) is 23.0 Å². The van der Waals surface area contributed by atoms with Gasteiger partial charge in [0.25, 0.3) is 17.7 Å². The van der Waals surface area contributed by atoms with Crippen molar-refractivity contribution in [3.63, 3.8) is 0 Å². The topological polar surface area (TPSA) is 154 Å². The fourth-order valence-electron chi connectivity index (χ4n) is 4.99. The van der Waals surface area contributed by atoms with Gasteiger partial charge in [-0.3, -0.25) is 24.6 Å². The number of hydrogen-bond donors (Lipinski definition) is 3. The molecule has 2 aromatic heterocycles. The molecule has 37 heavy (non-hydrogen) atoms. The molecular formula is C24H20ClN5O7. The van der Waals surface area contributed by atoms with Crippen LogP contribution in [0.15, 0.2) is 34.7 Å². The highest BCUT2D eigenvalue weighted by atomic mass is 35.5. The molecule has 0 radical (unpaired) electrons. The van der Waals surface area contributed by atoms with Crippen molar-refractivity contribution in [3.8, 4) is 5.75 Å². The maximum atomic E-state index is 13.3. The zero-order chi connectivity index (χ0) is 26.1. The minimum atomic E-state index is -1.73. The van der Waals surface area contributed by atoms with E-state index in [2.05, 4.69) is 15.6 Å². The van der Waals surface area contributed by atoms with E-state index in [0.717, 1.165) is 0 Å². The number of benzene rings is 1. The summed E-state index contributed by atoms with van der Waals surface area (Å²) in [7, 11) is 1.45. The van der Waals surface area contributed by atoms with Gasteiger partial charge in [0.15, 0.2) is 11.1 Å². The van der Waals surface area contributed by atoms with Gasteiger partial charge in [0.2, 0.25) is 0 Å². The van der Waals surface area contributed by atoms with Gasteiger partial charge in [0.05, 0.1) is 24.2 Å². The smallest absolute Gasteiger partial charge is 0.322 e. The second kappa shape index (κ2) is 8.18. The number of rotatable bonds is 5. The maximum absolute atomic E-state index is 13.3. The van der Waals surface area contributed by atoms with E-state index in [0.29, 0.717) is 41.2 Å². The first kappa shape index (κ1) is 23.3. The molecule has 0 bridgehead atoms. The lowest BCUT2D eigenvalue weighted by molar-refractivity contribution is -0.125. The molecule has 5 amide bonds. The molecule has 0 aliphatic carbocycles. The average Bonchev–Trinajstić information content (AvgIpc) is 3.60. The number of methoxy groups -OCH3 is 1. The summed E-state index contributed by atoms with van der Waals surface area (Å²) in [5.41, 5.74) is -0.161. The number of carbonyl (C=O) groups is 4. The second-order valence-electron chi connectivity index (χ2n) is 9.05. The molecule has 12 nitrogen and oxygen atoms in total. The Hall–Kier alpha value is -4.16. The number of nitrogens with zero attached hydrogens (tertiary/aromatic N) is 3. The molecule has 3 aliphatic heterocycles. The van der Waals surface area contributed by atoms with E-state index in [4.69, 9.17) is 20.8 Å². The quantitative estimate of drug-likeness (QED) is 0.421. The lowest BCUT2D eigenvalue weighted by Gasteiger charge is -2.29. The number of anilines is 1. The van der Waals surface area contributed by atoms with E-state index >= 15 is 0 Å². The van der Waals surface area contributed by atoms with Crippen LogP contribution in [0.1, 0.15) is 28.1 Å². The van der Waals surface area contributed by atoms with Gasteiger partial charge in [-0.15, -0.1) is 0 Å². The number of ether oxygens (including phenoxy) is 1. The molecule has 3 aliphatic rings. The highest BCUT2D eigenvalue weighted by Crippen LogP contribution is 2.39. The van der Waals surface area contributed by atoms with Crippen LogP contribution in [0, 0.1) is 0 Å².